The van der Waals surface area contributed by atoms with E-state index in [1.54, 1.807) is 13.1 Å². The quantitative estimate of drug-likeness (QED) is 0.696. The predicted molar refractivity (Wildman–Crippen MR) is 131 cm³/mol. The summed E-state index contributed by atoms with van der Waals surface area (Å²) >= 11 is 0. The smallest absolute Gasteiger partial charge is 0.407 e. The van der Waals surface area contributed by atoms with Gasteiger partial charge in [0, 0.05) is 49.6 Å². The van der Waals surface area contributed by atoms with Gasteiger partial charge in [-0.2, -0.15) is 0 Å². The van der Waals surface area contributed by atoms with Gasteiger partial charge in [0.2, 0.25) is 11.9 Å². The van der Waals surface area contributed by atoms with Gasteiger partial charge in [-0.15, -0.1) is 0 Å². The molecule has 0 spiro atoms. The minimum atomic E-state index is -0.889. The summed E-state index contributed by atoms with van der Waals surface area (Å²) in [5.74, 6) is 1.34. The maximum absolute atomic E-state index is 12.9. The van der Waals surface area contributed by atoms with Gasteiger partial charge in [0.05, 0.1) is 6.04 Å². The Morgan fingerprint density at radius 3 is 2.62 bits per heavy atom. The van der Waals surface area contributed by atoms with Crippen LogP contribution in [0.15, 0.2) is 36.5 Å². The number of carbonyl (C=O) groups is 2. The molecule has 2 aromatic rings. The minimum Gasteiger partial charge on any atom is -0.465 e. The number of carboxylic acid groups (broad SMARTS) is 1. The van der Waals surface area contributed by atoms with Crippen molar-refractivity contribution in [3.05, 3.63) is 53.4 Å². The van der Waals surface area contributed by atoms with Crippen LogP contribution in [0, 0.1) is 18.8 Å². The first kappa shape index (κ1) is 22.4. The molecule has 1 saturated carbocycles. The molecule has 0 saturated heterocycles. The average molecular weight is 462 g/mol. The normalized spacial score (nSPS) is 24.3. The number of nitrogens with one attached hydrogen (secondary N) is 1. The number of amides is 2. The molecule has 5 rings (SSSR count). The van der Waals surface area contributed by atoms with Crippen molar-refractivity contribution in [1.82, 2.24) is 14.9 Å². The lowest BCUT2D eigenvalue weighted by molar-refractivity contribution is -0.117. The van der Waals surface area contributed by atoms with Gasteiger partial charge in [0.15, 0.2) is 0 Å². The SMILES string of the molecule is CC(=O)N1c2ccc(C3=CCN(C(=O)O)CC3)cc2[C@H](Nc2nccc(C)n2)[C@@H](C)[C@@H]1C1CC1. The summed E-state index contributed by atoms with van der Waals surface area (Å²) in [5, 5.41) is 12.9. The first-order valence-electron chi connectivity index (χ1n) is 12.0. The molecular formula is C26H31N5O3. The van der Waals surface area contributed by atoms with E-state index in [0.717, 1.165) is 40.9 Å². The van der Waals surface area contributed by atoms with Crippen molar-refractivity contribution in [3.63, 3.8) is 0 Å². The lowest BCUT2D eigenvalue weighted by atomic mass is 9.79. The molecule has 3 heterocycles. The second kappa shape index (κ2) is 8.74. The van der Waals surface area contributed by atoms with Gasteiger partial charge in [0.25, 0.3) is 0 Å². The molecule has 2 amide bonds. The number of fused-ring (bicyclic) bond motifs is 1. The summed E-state index contributed by atoms with van der Waals surface area (Å²) < 4.78 is 0. The molecule has 1 fully saturated rings. The molecule has 0 radical (unpaired) electrons. The molecule has 8 heteroatoms. The highest BCUT2D eigenvalue weighted by atomic mass is 16.4. The lowest BCUT2D eigenvalue weighted by Gasteiger charge is -2.46. The van der Waals surface area contributed by atoms with Crippen LogP contribution in [0.2, 0.25) is 0 Å². The fourth-order valence-electron chi connectivity index (χ4n) is 5.53. The van der Waals surface area contributed by atoms with Crippen LogP contribution in [0.3, 0.4) is 0 Å². The number of rotatable bonds is 4. The van der Waals surface area contributed by atoms with Crippen LogP contribution in [0.5, 0.6) is 0 Å². The van der Waals surface area contributed by atoms with Gasteiger partial charge in [-0.05, 0) is 67.0 Å². The topological polar surface area (TPSA) is 98.7 Å². The van der Waals surface area contributed by atoms with Crippen LogP contribution in [-0.2, 0) is 4.79 Å². The number of hydrogen-bond donors (Lipinski definition) is 2. The number of aryl methyl sites for hydroxylation is 1. The van der Waals surface area contributed by atoms with Gasteiger partial charge in [0.1, 0.15) is 0 Å². The monoisotopic (exact) mass is 461 g/mol. The zero-order valence-electron chi connectivity index (χ0n) is 19.9. The summed E-state index contributed by atoms with van der Waals surface area (Å²) in [6.45, 7) is 6.69. The standard InChI is InChI=1S/C26H31N5O3/c1-15-8-11-27-25(28-15)29-23-16(2)24(19-4-5-19)31(17(3)32)22-7-6-20(14-21(22)23)18-9-12-30(13-10-18)26(33)34/h6-9,11,14,16,19,23-24H,4-5,10,12-13H2,1-3H3,(H,33,34)(H,27,28,29)/t16-,23-,24-/m1/s1. The molecule has 1 aromatic heterocycles. The van der Waals surface area contributed by atoms with E-state index < -0.39 is 6.09 Å². The molecular weight excluding hydrogens is 430 g/mol. The van der Waals surface area contributed by atoms with Crippen LogP contribution >= 0.6 is 0 Å². The Kier molecular flexibility index (Phi) is 5.75. The summed E-state index contributed by atoms with van der Waals surface area (Å²) in [6, 6.07) is 8.26. The number of anilines is 2. The first-order valence-corrected chi connectivity index (χ1v) is 12.0. The molecule has 1 aromatic carbocycles. The zero-order valence-corrected chi connectivity index (χ0v) is 19.9. The number of hydrogen-bond acceptors (Lipinski definition) is 5. The van der Waals surface area contributed by atoms with Gasteiger partial charge >= 0.3 is 6.09 Å². The summed E-state index contributed by atoms with van der Waals surface area (Å²) in [7, 11) is 0. The summed E-state index contributed by atoms with van der Waals surface area (Å²) in [5.41, 5.74) is 5.11. The van der Waals surface area contributed by atoms with Gasteiger partial charge < -0.3 is 20.2 Å². The first-order chi connectivity index (χ1) is 16.3. The molecule has 0 unspecified atom stereocenters. The summed E-state index contributed by atoms with van der Waals surface area (Å²) in [4.78, 5) is 36.6. The number of carbonyl (C=O) groups excluding carboxylic acids is 1. The molecule has 8 nitrogen and oxygen atoms in total. The van der Waals surface area contributed by atoms with E-state index in [1.807, 2.05) is 24.0 Å². The Labute approximate surface area is 199 Å². The Hall–Kier alpha value is -3.42. The Morgan fingerprint density at radius 1 is 1.21 bits per heavy atom. The second-order valence-corrected chi connectivity index (χ2v) is 9.70. The van der Waals surface area contributed by atoms with Crippen molar-refractivity contribution < 1.29 is 14.7 Å². The summed E-state index contributed by atoms with van der Waals surface area (Å²) in [6.07, 6.45) is 5.82. The van der Waals surface area contributed by atoms with Crippen LogP contribution in [0.1, 0.15) is 56.0 Å². The maximum atomic E-state index is 12.9. The van der Waals surface area contributed by atoms with Gasteiger partial charge in [-0.25, -0.2) is 14.8 Å². The van der Waals surface area contributed by atoms with E-state index >= 15 is 0 Å². The second-order valence-electron chi connectivity index (χ2n) is 9.70. The Balaban J connectivity index is 1.56. The fraction of sp³-hybridized carbons (Fsp3) is 0.462. The van der Waals surface area contributed by atoms with E-state index in [1.165, 1.54) is 4.90 Å². The van der Waals surface area contributed by atoms with Gasteiger partial charge in [-0.1, -0.05) is 19.1 Å². The highest BCUT2D eigenvalue weighted by Gasteiger charge is 2.47. The minimum absolute atomic E-state index is 0.0438. The van der Waals surface area contributed by atoms with E-state index in [4.69, 9.17) is 0 Å². The van der Waals surface area contributed by atoms with Crippen molar-refractivity contribution >= 4 is 29.2 Å². The maximum Gasteiger partial charge on any atom is 0.407 e. The molecule has 178 valence electrons. The van der Waals surface area contributed by atoms with E-state index in [-0.39, 0.29) is 23.9 Å². The molecule has 34 heavy (non-hydrogen) atoms. The zero-order chi connectivity index (χ0) is 24.0. The van der Waals surface area contributed by atoms with E-state index in [2.05, 4.69) is 40.4 Å². The average Bonchev–Trinajstić information content (AvgIpc) is 3.65. The molecule has 3 aliphatic rings. The van der Waals surface area contributed by atoms with E-state index in [9.17, 15) is 14.7 Å². The number of aromatic nitrogens is 2. The third-order valence-corrected chi connectivity index (χ3v) is 7.36. The van der Waals surface area contributed by atoms with Crippen molar-refractivity contribution in [1.29, 1.82) is 0 Å². The highest BCUT2D eigenvalue weighted by molar-refractivity contribution is 5.94. The Morgan fingerprint density at radius 2 is 2.00 bits per heavy atom. The molecule has 2 aliphatic heterocycles. The third kappa shape index (κ3) is 4.13. The Bertz CT molecular complexity index is 1160. The van der Waals surface area contributed by atoms with Crippen LogP contribution in [0.4, 0.5) is 16.4 Å². The molecule has 3 atom stereocenters. The number of benzene rings is 1. The molecule has 2 N–H and O–H groups in total. The highest BCUT2D eigenvalue weighted by Crippen LogP contribution is 2.50. The van der Waals surface area contributed by atoms with E-state index in [0.29, 0.717) is 31.4 Å². The van der Waals surface area contributed by atoms with Crippen LogP contribution in [-0.4, -0.2) is 51.1 Å². The van der Waals surface area contributed by atoms with Crippen molar-refractivity contribution in [2.75, 3.05) is 23.3 Å². The van der Waals surface area contributed by atoms with Crippen LogP contribution in [0.25, 0.3) is 5.57 Å². The largest absolute Gasteiger partial charge is 0.465 e. The van der Waals surface area contributed by atoms with Gasteiger partial charge in [-0.3, -0.25) is 4.79 Å². The van der Waals surface area contributed by atoms with Crippen LogP contribution < -0.4 is 10.2 Å². The van der Waals surface area contributed by atoms with Crippen molar-refractivity contribution in [2.24, 2.45) is 11.8 Å². The fourth-order valence-corrected chi connectivity index (χ4v) is 5.53. The third-order valence-electron chi connectivity index (χ3n) is 7.36. The van der Waals surface area contributed by atoms with Crippen molar-refractivity contribution in [3.8, 4) is 0 Å². The molecule has 0 bridgehead atoms. The molecule has 1 aliphatic carbocycles. The predicted octanol–water partition coefficient (Wildman–Crippen LogP) is 4.49. The number of nitrogens with zero attached hydrogens (tertiary/aromatic N) is 4. The van der Waals surface area contributed by atoms with Crippen molar-refractivity contribution in [2.45, 2.75) is 52.1 Å². The lowest BCUT2D eigenvalue weighted by Crippen LogP contribution is -2.51.